The van der Waals surface area contributed by atoms with E-state index >= 15 is 0 Å². The number of allylic oxidation sites excluding steroid dienone is 1. The molecule has 0 spiro atoms. The molecule has 1 aliphatic carbocycles. The Balaban J connectivity index is 1.81. The van der Waals surface area contributed by atoms with Gasteiger partial charge >= 0.3 is 0 Å². The molecule has 2 N–H and O–H groups in total. The summed E-state index contributed by atoms with van der Waals surface area (Å²) < 4.78 is 0. The van der Waals surface area contributed by atoms with Gasteiger partial charge in [0.25, 0.3) is 0 Å². The van der Waals surface area contributed by atoms with Gasteiger partial charge in [-0.2, -0.15) is 10.2 Å². The van der Waals surface area contributed by atoms with Crippen LogP contribution in [0, 0.1) is 5.92 Å². The van der Waals surface area contributed by atoms with Crippen LogP contribution in [-0.2, 0) is 18.3 Å². The number of aromatic nitrogens is 5. The predicted octanol–water partition coefficient (Wildman–Crippen LogP) is 7.20. The Bertz CT molecular complexity index is 1390. The van der Waals surface area contributed by atoms with Crippen LogP contribution in [0.25, 0.3) is 39.6 Å². The Labute approximate surface area is 202 Å². The minimum absolute atomic E-state index is 0.0120. The third-order valence-electron chi connectivity index (χ3n) is 6.70. The van der Waals surface area contributed by atoms with Crippen molar-refractivity contribution in [3.05, 3.63) is 58.4 Å². The van der Waals surface area contributed by atoms with Gasteiger partial charge in [-0.3, -0.25) is 10.2 Å². The summed E-state index contributed by atoms with van der Waals surface area (Å²) in [5.41, 5.74) is 9.80. The first-order valence-electron chi connectivity index (χ1n) is 12.4. The lowest BCUT2D eigenvalue weighted by Gasteiger charge is -2.19. The molecular formula is C29H35N5. The third kappa shape index (κ3) is 3.77. The number of nitrogens with zero attached hydrogens (tertiary/aromatic N) is 3. The van der Waals surface area contributed by atoms with Crippen LogP contribution in [-0.4, -0.2) is 25.4 Å². The average molecular weight is 454 g/mol. The highest BCUT2D eigenvalue weighted by Crippen LogP contribution is 2.41. The van der Waals surface area contributed by atoms with Crippen molar-refractivity contribution in [3.8, 4) is 22.8 Å². The van der Waals surface area contributed by atoms with Crippen molar-refractivity contribution >= 4 is 16.8 Å². The number of H-pyrrole nitrogens is 2. The van der Waals surface area contributed by atoms with E-state index in [0.29, 0.717) is 11.8 Å². The summed E-state index contributed by atoms with van der Waals surface area (Å²) >= 11 is 0. The van der Waals surface area contributed by atoms with Gasteiger partial charge in [-0.05, 0) is 41.7 Å². The van der Waals surface area contributed by atoms with E-state index < -0.39 is 0 Å². The van der Waals surface area contributed by atoms with Gasteiger partial charge in [-0.1, -0.05) is 78.8 Å². The van der Waals surface area contributed by atoms with E-state index in [1.165, 1.54) is 22.2 Å². The topological polar surface area (TPSA) is 70.2 Å². The van der Waals surface area contributed by atoms with Crippen molar-refractivity contribution < 1.29 is 0 Å². The van der Waals surface area contributed by atoms with Crippen LogP contribution in [0.5, 0.6) is 0 Å². The monoisotopic (exact) mass is 453 g/mol. The van der Waals surface area contributed by atoms with E-state index in [4.69, 9.17) is 15.2 Å². The summed E-state index contributed by atoms with van der Waals surface area (Å²) in [7, 11) is 0. The largest absolute Gasteiger partial charge is 0.282 e. The molecule has 5 nitrogen and oxygen atoms in total. The number of pyridine rings is 1. The summed E-state index contributed by atoms with van der Waals surface area (Å²) in [5, 5.41) is 18.6. The predicted molar refractivity (Wildman–Crippen MR) is 141 cm³/mol. The Morgan fingerprint density at radius 1 is 0.971 bits per heavy atom. The zero-order valence-electron chi connectivity index (χ0n) is 21.4. The highest BCUT2D eigenvalue weighted by Gasteiger charge is 2.26. The molecule has 3 aromatic heterocycles. The van der Waals surface area contributed by atoms with E-state index in [9.17, 15) is 0 Å². The summed E-state index contributed by atoms with van der Waals surface area (Å²) in [4.78, 5) is 5.30. The fourth-order valence-electron chi connectivity index (χ4n) is 5.06. The van der Waals surface area contributed by atoms with Crippen LogP contribution in [0.4, 0.5) is 0 Å². The second kappa shape index (κ2) is 8.23. The second-order valence-electron chi connectivity index (χ2n) is 11.3. The molecule has 0 radical (unpaired) electrons. The van der Waals surface area contributed by atoms with Crippen molar-refractivity contribution in [2.75, 3.05) is 0 Å². The fraction of sp³-hybridized carbons (Fsp3) is 0.414. The normalized spacial score (nSPS) is 13.6. The quantitative estimate of drug-likeness (QED) is 0.335. The SMILES string of the molecule is CC(C)Cc1[nH]nc(-c2nc(-c3cc(C(C)(C)C)[nH]n3)c3cccc4c3c2C=CC4)c1C(C)C. The summed E-state index contributed by atoms with van der Waals surface area (Å²) in [6.07, 6.45) is 6.38. The molecule has 0 saturated heterocycles. The zero-order chi connectivity index (χ0) is 24.2. The maximum Gasteiger partial charge on any atom is 0.115 e. The molecule has 0 aliphatic heterocycles. The van der Waals surface area contributed by atoms with Crippen LogP contribution in [0.2, 0.25) is 0 Å². The molecule has 1 aromatic carbocycles. The molecule has 0 amide bonds. The standard InChI is InChI=1S/C29H35N5/c1-16(2)14-21-24(17(3)4)28(34-31-21)27-20-13-9-11-18-10-8-12-19(25(18)20)26(30-27)22-15-23(33-32-22)29(5,6)7/h8-10,12-13,15-17H,11,14H2,1-7H3,(H,31,34)(H,32,33). The molecular weight excluding hydrogens is 418 g/mol. The first-order chi connectivity index (χ1) is 16.1. The Morgan fingerprint density at radius 3 is 2.44 bits per heavy atom. The number of benzene rings is 1. The second-order valence-corrected chi connectivity index (χ2v) is 11.3. The van der Waals surface area contributed by atoms with Crippen molar-refractivity contribution in [1.82, 2.24) is 25.4 Å². The molecule has 0 fully saturated rings. The highest BCUT2D eigenvalue weighted by molar-refractivity contribution is 6.05. The first-order valence-corrected chi connectivity index (χ1v) is 12.4. The lowest BCUT2D eigenvalue weighted by Crippen LogP contribution is -2.11. The molecule has 34 heavy (non-hydrogen) atoms. The Hall–Kier alpha value is -3.21. The molecule has 176 valence electrons. The van der Waals surface area contributed by atoms with Crippen molar-refractivity contribution in [3.63, 3.8) is 0 Å². The third-order valence-corrected chi connectivity index (χ3v) is 6.70. The van der Waals surface area contributed by atoms with E-state index in [0.717, 1.165) is 52.3 Å². The van der Waals surface area contributed by atoms with Crippen LogP contribution in [0.3, 0.4) is 0 Å². The summed E-state index contributed by atoms with van der Waals surface area (Å²) in [5.74, 6) is 0.895. The van der Waals surface area contributed by atoms with Gasteiger partial charge in [0, 0.05) is 33.3 Å². The van der Waals surface area contributed by atoms with Gasteiger partial charge in [0.15, 0.2) is 0 Å². The molecule has 0 saturated carbocycles. The number of rotatable bonds is 5. The van der Waals surface area contributed by atoms with Gasteiger partial charge < -0.3 is 0 Å². The van der Waals surface area contributed by atoms with Crippen LogP contribution < -0.4 is 0 Å². The van der Waals surface area contributed by atoms with Crippen molar-refractivity contribution in [1.29, 1.82) is 0 Å². The Kier molecular flexibility index (Phi) is 5.46. The van der Waals surface area contributed by atoms with Crippen LogP contribution >= 0.6 is 0 Å². The molecule has 5 heteroatoms. The van der Waals surface area contributed by atoms with Crippen molar-refractivity contribution in [2.45, 2.75) is 72.6 Å². The van der Waals surface area contributed by atoms with Gasteiger partial charge in [-0.25, -0.2) is 4.98 Å². The van der Waals surface area contributed by atoms with E-state index in [1.54, 1.807) is 0 Å². The fourth-order valence-corrected chi connectivity index (χ4v) is 5.06. The van der Waals surface area contributed by atoms with Gasteiger partial charge in [0.1, 0.15) is 11.4 Å². The molecule has 4 aromatic rings. The maximum absolute atomic E-state index is 5.30. The maximum atomic E-state index is 5.30. The number of nitrogens with one attached hydrogen (secondary N) is 2. The summed E-state index contributed by atoms with van der Waals surface area (Å²) in [6.45, 7) is 15.6. The van der Waals surface area contributed by atoms with Crippen molar-refractivity contribution in [2.24, 2.45) is 5.92 Å². The van der Waals surface area contributed by atoms with E-state index in [1.807, 2.05) is 0 Å². The molecule has 0 unspecified atom stereocenters. The lowest BCUT2D eigenvalue weighted by atomic mass is 9.87. The Morgan fingerprint density at radius 2 is 1.76 bits per heavy atom. The molecule has 1 aliphatic rings. The van der Waals surface area contributed by atoms with E-state index in [-0.39, 0.29) is 5.41 Å². The van der Waals surface area contributed by atoms with Crippen LogP contribution in [0.15, 0.2) is 30.3 Å². The molecule has 0 atom stereocenters. The van der Waals surface area contributed by atoms with Gasteiger partial charge in [-0.15, -0.1) is 0 Å². The first kappa shape index (κ1) is 22.6. The lowest BCUT2D eigenvalue weighted by molar-refractivity contribution is 0.567. The summed E-state index contributed by atoms with van der Waals surface area (Å²) in [6, 6.07) is 8.69. The average Bonchev–Trinajstić information content (AvgIpc) is 3.42. The number of hydrogen-bond donors (Lipinski definition) is 2. The minimum atomic E-state index is -0.0120. The van der Waals surface area contributed by atoms with Gasteiger partial charge in [0.2, 0.25) is 0 Å². The number of aromatic amines is 2. The number of hydrogen-bond acceptors (Lipinski definition) is 3. The van der Waals surface area contributed by atoms with Crippen LogP contribution in [0.1, 0.15) is 82.5 Å². The molecule has 5 rings (SSSR count). The van der Waals surface area contributed by atoms with E-state index in [2.05, 4.69) is 95.1 Å². The zero-order valence-corrected chi connectivity index (χ0v) is 21.4. The smallest absolute Gasteiger partial charge is 0.115 e. The molecule has 3 heterocycles. The minimum Gasteiger partial charge on any atom is -0.282 e. The highest BCUT2D eigenvalue weighted by atomic mass is 15.1. The molecule has 0 bridgehead atoms. The van der Waals surface area contributed by atoms with Gasteiger partial charge in [0.05, 0.1) is 11.4 Å².